The van der Waals surface area contributed by atoms with Crippen LogP contribution in [0.3, 0.4) is 0 Å². The van der Waals surface area contributed by atoms with E-state index in [0.717, 1.165) is 0 Å². The number of pyridine rings is 1. The van der Waals surface area contributed by atoms with E-state index in [9.17, 15) is 10.1 Å². The fourth-order valence-electron chi connectivity index (χ4n) is 1.16. The average molecular weight is 242 g/mol. The normalized spacial score (nSPS) is 10.5. The molecule has 2 aromatic rings. The first-order valence-corrected chi connectivity index (χ1v) is 4.25. The van der Waals surface area contributed by atoms with E-state index in [1.165, 1.54) is 12.4 Å². The summed E-state index contributed by atoms with van der Waals surface area (Å²) in [6, 6.07) is 1.61. The van der Waals surface area contributed by atoms with Gasteiger partial charge in [-0.25, -0.2) is 4.98 Å². The molecular formula is C7H4BrN3O2. The van der Waals surface area contributed by atoms with Crippen molar-refractivity contribution in [3.8, 4) is 0 Å². The van der Waals surface area contributed by atoms with Gasteiger partial charge < -0.3 is 4.98 Å². The van der Waals surface area contributed by atoms with Gasteiger partial charge in [0.05, 0.1) is 22.0 Å². The summed E-state index contributed by atoms with van der Waals surface area (Å²) < 4.78 is 0.582. The number of fused-ring (bicyclic) bond motifs is 1. The lowest BCUT2D eigenvalue weighted by molar-refractivity contribution is -0.383. The minimum absolute atomic E-state index is 0.0677. The van der Waals surface area contributed by atoms with Crippen LogP contribution in [-0.2, 0) is 0 Å². The number of nitro groups is 1. The Morgan fingerprint density at radius 3 is 3.08 bits per heavy atom. The molecular weight excluding hydrogens is 238 g/mol. The number of halogens is 1. The van der Waals surface area contributed by atoms with E-state index in [0.29, 0.717) is 15.5 Å². The molecule has 0 saturated heterocycles. The molecule has 0 bridgehead atoms. The van der Waals surface area contributed by atoms with Gasteiger partial charge in [0.2, 0.25) is 0 Å². The van der Waals surface area contributed by atoms with Gasteiger partial charge in [-0.05, 0) is 22.0 Å². The van der Waals surface area contributed by atoms with E-state index < -0.39 is 4.92 Å². The Morgan fingerprint density at radius 1 is 1.62 bits per heavy atom. The molecule has 0 unspecified atom stereocenters. The Bertz CT molecular complexity index is 480. The number of hydrogen-bond donors (Lipinski definition) is 1. The highest BCUT2D eigenvalue weighted by atomic mass is 79.9. The van der Waals surface area contributed by atoms with Crippen molar-refractivity contribution in [2.75, 3.05) is 0 Å². The maximum Gasteiger partial charge on any atom is 0.294 e. The highest BCUT2D eigenvalue weighted by molar-refractivity contribution is 9.10. The lowest BCUT2D eigenvalue weighted by Gasteiger charge is -1.90. The molecule has 1 N–H and O–H groups in total. The summed E-state index contributed by atoms with van der Waals surface area (Å²) in [5.74, 6) is 0. The zero-order valence-corrected chi connectivity index (χ0v) is 7.91. The Hall–Kier alpha value is -1.43. The lowest BCUT2D eigenvalue weighted by atomic mass is 10.3. The van der Waals surface area contributed by atoms with Gasteiger partial charge in [0.25, 0.3) is 5.69 Å². The third kappa shape index (κ3) is 1.19. The van der Waals surface area contributed by atoms with Crippen LogP contribution in [0.1, 0.15) is 0 Å². The van der Waals surface area contributed by atoms with Crippen molar-refractivity contribution in [1.29, 1.82) is 0 Å². The quantitative estimate of drug-likeness (QED) is 0.473. The average Bonchev–Trinajstić information content (AvgIpc) is 2.48. The molecule has 13 heavy (non-hydrogen) atoms. The molecule has 6 heteroatoms. The molecule has 0 aliphatic rings. The van der Waals surface area contributed by atoms with Gasteiger partial charge in [-0.3, -0.25) is 10.1 Å². The standard InChI is InChI=1S/C7H4BrN3O2/c8-7-6-4(1-2-9-7)5(3-10-6)11(12)13/h1-3,10H. The van der Waals surface area contributed by atoms with E-state index in [2.05, 4.69) is 25.9 Å². The summed E-state index contributed by atoms with van der Waals surface area (Å²) in [4.78, 5) is 16.8. The minimum Gasteiger partial charge on any atom is -0.353 e. The van der Waals surface area contributed by atoms with Crippen molar-refractivity contribution in [3.05, 3.63) is 33.2 Å². The summed E-state index contributed by atoms with van der Waals surface area (Å²) in [7, 11) is 0. The van der Waals surface area contributed by atoms with Gasteiger partial charge in [0.15, 0.2) is 0 Å². The number of hydrogen-bond acceptors (Lipinski definition) is 3. The molecule has 0 atom stereocenters. The van der Waals surface area contributed by atoms with Gasteiger partial charge in [-0.2, -0.15) is 0 Å². The van der Waals surface area contributed by atoms with Crippen LogP contribution in [0.2, 0.25) is 0 Å². The second-order valence-electron chi connectivity index (χ2n) is 2.46. The molecule has 2 aromatic heterocycles. The monoisotopic (exact) mass is 241 g/mol. The van der Waals surface area contributed by atoms with Crippen LogP contribution in [0.4, 0.5) is 5.69 Å². The largest absolute Gasteiger partial charge is 0.353 e. The van der Waals surface area contributed by atoms with E-state index in [-0.39, 0.29) is 5.69 Å². The summed E-state index contributed by atoms with van der Waals surface area (Å²) in [6.45, 7) is 0. The van der Waals surface area contributed by atoms with Crippen LogP contribution in [0.25, 0.3) is 10.9 Å². The molecule has 0 amide bonds. The molecule has 0 fully saturated rings. The first-order valence-electron chi connectivity index (χ1n) is 3.46. The second kappa shape index (κ2) is 2.81. The van der Waals surface area contributed by atoms with E-state index in [1.807, 2.05) is 0 Å². The Balaban J connectivity index is 2.83. The molecule has 2 rings (SSSR count). The third-order valence-electron chi connectivity index (χ3n) is 1.73. The summed E-state index contributed by atoms with van der Waals surface area (Å²) in [5.41, 5.74) is 0.715. The maximum absolute atomic E-state index is 10.5. The fourth-order valence-corrected chi connectivity index (χ4v) is 1.60. The van der Waals surface area contributed by atoms with Crippen LogP contribution in [0.15, 0.2) is 23.1 Å². The molecule has 66 valence electrons. The maximum atomic E-state index is 10.5. The highest BCUT2D eigenvalue weighted by Crippen LogP contribution is 2.28. The van der Waals surface area contributed by atoms with Crippen molar-refractivity contribution in [2.45, 2.75) is 0 Å². The zero-order valence-electron chi connectivity index (χ0n) is 6.32. The van der Waals surface area contributed by atoms with Crippen molar-refractivity contribution >= 4 is 32.5 Å². The number of rotatable bonds is 1. The fraction of sp³-hybridized carbons (Fsp3) is 0. The summed E-state index contributed by atoms with van der Waals surface area (Å²) in [6.07, 6.45) is 2.88. The smallest absolute Gasteiger partial charge is 0.294 e. The zero-order chi connectivity index (χ0) is 9.42. The van der Waals surface area contributed by atoms with E-state index >= 15 is 0 Å². The van der Waals surface area contributed by atoms with Gasteiger partial charge in [0, 0.05) is 6.20 Å². The van der Waals surface area contributed by atoms with Crippen molar-refractivity contribution in [2.24, 2.45) is 0 Å². The Morgan fingerprint density at radius 2 is 2.38 bits per heavy atom. The molecule has 5 nitrogen and oxygen atoms in total. The molecule has 0 spiro atoms. The number of nitrogens with one attached hydrogen (secondary N) is 1. The predicted octanol–water partition coefficient (Wildman–Crippen LogP) is 2.23. The van der Waals surface area contributed by atoms with Crippen LogP contribution in [0, 0.1) is 10.1 Å². The number of H-pyrrole nitrogens is 1. The van der Waals surface area contributed by atoms with E-state index in [1.54, 1.807) is 6.07 Å². The first kappa shape index (κ1) is 8.18. The topological polar surface area (TPSA) is 71.8 Å². The van der Waals surface area contributed by atoms with Gasteiger partial charge >= 0.3 is 0 Å². The molecule has 2 heterocycles. The van der Waals surface area contributed by atoms with Crippen molar-refractivity contribution in [3.63, 3.8) is 0 Å². The highest BCUT2D eigenvalue weighted by Gasteiger charge is 2.14. The number of nitrogens with zero attached hydrogens (tertiary/aromatic N) is 2. The van der Waals surface area contributed by atoms with E-state index in [4.69, 9.17) is 0 Å². The summed E-state index contributed by atoms with van der Waals surface area (Å²) in [5, 5.41) is 11.1. The lowest BCUT2D eigenvalue weighted by Crippen LogP contribution is -1.85. The summed E-state index contributed by atoms with van der Waals surface area (Å²) >= 11 is 3.19. The molecule has 0 saturated carbocycles. The molecule has 0 aliphatic heterocycles. The van der Waals surface area contributed by atoms with Crippen LogP contribution in [0.5, 0.6) is 0 Å². The van der Waals surface area contributed by atoms with Crippen LogP contribution in [-0.4, -0.2) is 14.9 Å². The Labute approximate surface area is 81.1 Å². The van der Waals surface area contributed by atoms with Crippen LogP contribution >= 0.6 is 15.9 Å². The predicted molar refractivity (Wildman–Crippen MR) is 50.4 cm³/mol. The van der Waals surface area contributed by atoms with Crippen molar-refractivity contribution in [1.82, 2.24) is 9.97 Å². The van der Waals surface area contributed by atoms with Gasteiger partial charge in [0.1, 0.15) is 4.60 Å². The van der Waals surface area contributed by atoms with Gasteiger partial charge in [-0.15, -0.1) is 0 Å². The first-order chi connectivity index (χ1) is 6.20. The molecule has 0 aliphatic carbocycles. The third-order valence-corrected chi connectivity index (χ3v) is 2.33. The van der Waals surface area contributed by atoms with Crippen LogP contribution < -0.4 is 0 Å². The molecule has 0 radical (unpaired) electrons. The van der Waals surface area contributed by atoms with Crippen molar-refractivity contribution < 1.29 is 4.92 Å². The number of aromatic nitrogens is 2. The van der Waals surface area contributed by atoms with Gasteiger partial charge in [-0.1, -0.05) is 0 Å². The minimum atomic E-state index is -0.425. The number of aromatic amines is 1. The SMILES string of the molecule is O=[N+]([O-])c1c[nH]c2c(Br)nccc12. The second-order valence-corrected chi connectivity index (χ2v) is 3.21. The molecule has 0 aromatic carbocycles. The Kier molecular flexibility index (Phi) is 1.77.